The molecule has 0 unspecified atom stereocenters. The Bertz CT molecular complexity index is 305. The molecule has 4 nitrogen and oxygen atoms in total. The van der Waals surface area contributed by atoms with Gasteiger partial charge in [-0.3, -0.25) is 9.59 Å². The number of piperazine rings is 1. The van der Waals surface area contributed by atoms with E-state index in [9.17, 15) is 9.59 Å². The van der Waals surface area contributed by atoms with Crippen LogP contribution in [0.25, 0.3) is 0 Å². The van der Waals surface area contributed by atoms with Crippen LogP contribution in [0.3, 0.4) is 0 Å². The van der Waals surface area contributed by atoms with Crippen molar-refractivity contribution in [1.29, 1.82) is 0 Å². The Morgan fingerprint density at radius 2 is 1.67 bits per heavy atom. The van der Waals surface area contributed by atoms with Gasteiger partial charge in [-0.25, -0.2) is 0 Å². The molecule has 0 N–H and O–H groups in total. The maximum Gasteiger partial charge on any atom is 0.225 e. The molecule has 0 aromatic carbocycles. The molecule has 1 aliphatic carbocycles. The van der Waals surface area contributed by atoms with Gasteiger partial charge in [0.05, 0.1) is 0 Å². The molecule has 0 radical (unpaired) electrons. The molecule has 0 aromatic heterocycles. The van der Waals surface area contributed by atoms with Crippen molar-refractivity contribution in [1.82, 2.24) is 9.80 Å². The second kappa shape index (κ2) is 6.21. The van der Waals surface area contributed by atoms with Crippen molar-refractivity contribution < 1.29 is 9.59 Å². The van der Waals surface area contributed by atoms with Crippen molar-refractivity contribution in [2.75, 3.05) is 26.2 Å². The Balaban J connectivity index is 1.73. The highest BCUT2D eigenvalue weighted by molar-refractivity contribution is 5.80. The minimum absolute atomic E-state index is 0.257. The molecule has 1 saturated carbocycles. The van der Waals surface area contributed by atoms with Crippen LogP contribution in [0.2, 0.25) is 0 Å². The highest BCUT2D eigenvalue weighted by Gasteiger charge is 2.31. The summed E-state index contributed by atoms with van der Waals surface area (Å²) in [6.07, 6.45) is 6.02. The second-order valence-corrected chi connectivity index (χ2v) is 5.44. The number of hydrogen-bond acceptors (Lipinski definition) is 2. The van der Waals surface area contributed by atoms with Crippen molar-refractivity contribution in [2.24, 2.45) is 5.92 Å². The smallest absolute Gasteiger partial charge is 0.225 e. The summed E-state index contributed by atoms with van der Waals surface area (Å²) in [6.45, 7) is 5.00. The number of carbonyl (C=O) groups excluding carboxylic acids is 2. The van der Waals surface area contributed by atoms with E-state index in [4.69, 9.17) is 0 Å². The zero-order valence-electron chi connectivity index (χ0n) is 11.4. The summed E-state index contributed by atoms with van der Waals surface area (Å²) in [5, 5.41) is 0. The van der Waals surface area contributed by atoms with Gasteiger partial charge in [0.15, 0.2) is 0 Å². The van der Waals surface area contributed by atoms with Crippen LogP contribution in [0.1, 0.15) is 45.4 Å². The zero-order chi connectivity index (χ0) is 13.0. The summed E-state index contributed by atoms with van der Waals surface area (Å²) in [6, 6.07) is 0. The van der Waals surface area contributed by atoms with Crippen LogP contribution in [-0.2, 0) is 9.59 Å². The molecule has 2 amide bonds. The Labute approximate surface area is 109 Å². The Morgan fingerprint density at radius 3 is 2.17 bits per heavy atom. The monoisotopic (exact) mass is 252 g/mol. The third-order valence-electron chi connectivity index (χ3n) is 4.14. The SMILES string of the molecule is CCCCC(=O)N1CCN(C(=O)C2CCC2)CC1. The molecule has 1 saturated heterocycles. The summed E-state index contributed by atoms with van der Waals surface area (Å²) in [7, 11) is 0. The minimum Gasteiger partial charge on any atom is -0.339 e. The second-order valence-electron chi connectivity index (χ2n) is 5.44. The first-order valence-electron chi connectivity index (χ1n) is 7.29. The van der Waals surface area contributed by atoms with Crippen LogP contribution in [0.5, 0.6) is 0 Å². The largest absolute Gasteiger partial charge is 0.339 e. The van der Waals surface area contributed by atoms with E-state index in [2.05, 4.69) is 6.92 Å². The van der Waals surface area contributed by atoms with Crippen LogP contribution >= 0.6 is 0 Å². The average molecular weight is 252 g/mol. The van der Waals surface area contributed by atoms with E-state index in [1.54, 1.807) is 0 Å². The normalized spacial score (nSPS) is 20.7. The number of carbonyl (C=O) groups is 2. The summed E-state index contributed by atoms with van der Waals surface area (Å²) in [4.78, 5) is 27.8. The maximum atomic E-state index is 12.1. The molecular formula is C14H24N2O2. The predicted octanol–water partition coefficient (Wildman–Crippen LogP) is 1.65. The minimum atomic E-state index is 0.257. The molecule has 1 heterocycles. The van der Waals surface area contributed by atoms with Crippen LogP contribution in [0.15, 0.2) is 0 Å². The lowest BCUT2D eigenvalue weighted by atomic mass is 9.84. The van der Waals surface area contributed by atoms with Gasteiger partial charge in [0.25, 0.3) is 0 Å². The Hall–Kier alpha value is -1.06. The lowest BCUT2D eigenvalue weighted by Gasteiger charge is -2.38. The Kier molecular flexibility index (Phi) is 4.61. The van der Waals surface area contributed by atoms with Crippen molar-refractivity contribution in [3.8, 4) is 0 Å². The van der Waals surface area contributed by atoms with Crippen LogP contribution < -0.4 is 0 Å². The molecule has 2 aliphatic rings. The quantitative estimate of drug-likeness (QED) is 0.763. The van der Waals surface area contributed by atoms with Gasteiger partial charge >= 0.3 is 0 Å². The summed E-state index contributed by atoms with van der Waals surface area (Å²) >= 11 is 0. The highest BCUT2D eigenvalue weighted by Crippen LogP contribution is 2.28. The topological polar surface area (TPSA) is 40.6 Å². The van der Waals surface area contributed by atoms with Gasteiger partial charge in [-0.05, 0) is 19.3 Å². The highest BCUT2D eigenvalue weighted by atomic mass is 16.2. The zero-order valence-corrected chi connectivity index (χ0v) is 11.4. The molecule has 2 fully saturated rings. The van der Waals surface area contributed by atoms with E-state index in [1.807, 2.05) is 9.80 Å². The van der Waals surface area contributed by atoms with Crippen molar-refractivity contribution in [3.05, 3.63) is 0 Å². The first kappa shape index (κ1) is 13.4. The van der Waals surface area contributed by atoms with Gasteiger partial charge in [0, 0.05) is 38.5 Å². The lowest BCUT2D eigenvalue weighted by Crippen LogP contribution is -2.52. The van der Waals surface area contributed by atoms with Gasteiger partial charge in [-0.15, -0.1) is 0 Å². The Morgan fingerprint density at radius 1 is 1.06 bits per heavy atom. The number of rotatable bonds is 4. The van der Waals surface area contributed by atoms with Gasteiger partial charge in [0.2, 0.25) is 11.8 Å². The molecular weight excluding hydrogens is 228 g/mol. The van der Waals surface area contributed by atoms with Crippen molar-refractivity contribution >= 4 is 11.8 Å². The first-order valence-corrected chi connectivity index (χ1v) is 7.29. The fraction of sp³-hybridized carbons (Fsp3) is 0.857. The third kappa shape index (κ3) is 3.03. The summed E-state index contributed by atoms with van der Waals surface area (Å²) < 4.78 is 0. The third-order valence-corrected chi connectivity index (χ3v) is 4.14. The molecule has 4 heteroatoms. The molecule has 0 atom stereocenters. The number of hydrogen-bond donors (Lipinski definition) is 0. The van der Waals surface area contributed by atoms with Crippen molar-refractivity contribution in [3.63, 3.8) is 0 Å². The van der Waals surface area contributed by atoms with Gasteiger partial charge < -0.3 is 9.80 Å². The van der Waals surface area contributed by atoms with Crippen LogP contribution in [0.4, 0.5) is 0 Å². The molecule has 0 aromatic rings. The van der Waals surface area contributed by atoms with Gasteiger partial charge in [-0.2, -0.15) is 0 Å². The van der Waals surface area contributed by atoms with Crippen LogP contribution in [0, 0.1) is 5.92 Å². The van der Waals surface area contributed by atoms with E-state index < -0.39 is 0 Å². The standard InChI is InChI=1S/C14H24N2O2/c1-2-3-7-13(17)15-8-10-16(11-9-15)14(18)12-5-4-6-12/h12H,2-11H2,1H3. The molecule has 0 spiro atoms. The van der Waals surface area contributed by atoms with E-state index >= 15 is 0 Å². The van der Waals surface area contributed by atoms with E-state index in [-0.39, 0.29) is 11.8 Å². The average Bonchev–Trinajstić information content (AvgIpc) is 2.34. The fourth-order valence-electron chi connectivity index (χ4n) is 2.58. The predicted molar refractivity (Wildman–Crippen MR) is 70.0 cm³/mol. The number of unbranched alkanes of at least 4 members (excludes halogenated alkanes) is 1. The maximum absolute atomic E-state index is 12.1. The summed E-state index contributed by atoms with van der Waals surface area (Å²) in [5.41, 5.74) is 0. The van der Waals surface area contributed by atoms with Crippen molar-refractivity contribution in [2.45, 2.75) is 45.4 Å². The lowest BCUT2D eigenvalue weighted by molar-refractivity contribution is -0.144. The van der Waals surface area contributed by atoms with E-state index in [0.29, 0.717) is 12.3 Å². The van der Waals surface area contributed by atoms with E-state index in [1.165, 1.54) is 6.42 Å². The molecule has 102 valence electrons. The summed E-state index contributed by atoms with van der Waals surface area (Å²) in [5.74, 6) is 0.863. The first-order chi connectivity index (χ1) is 8.72. The number of nitrogens with zero attached hydrogens (tertiary/aromatic N) is 2. The molecule has 18 heavy (non-hydrogen) atoms. The molecule has 1 aliphatic heterocycles. The molecule has 0 bridgehead atoms. The number of amides is 2. The van der Waals surface area contributed by atoms with Crippen LogP contribution in [-0.4, -0.2) is 47.8 Å². The van der Waals surface area contributed by atoms with Gasteiger partial charge in [0.1, 0.15) is 0 Å². The van der Waals surface area contributed by atoms with E-state index in [0.717, 1.165) is 51.9 Å². The van der Waals surface area contributed by atoms with Gasteiger partial charge in [-0.1, -0.05) is 19.8 Å². The fourth-order valence-corrected chi connectivity index (χ4v) is 2.58. The molecule has 2 rings (SSSR count).